The Hall–Kier alpha value is -1.96. The molecule has 10 nitrogen and oxygen atoms in total. The van der Waals surface area contributed by atoms with Gasteiger partial charge in [-0.1, -0.05) is 165 Å². The number of ether oxygens (including phenoxy) is 3. The van der Waals surface area contributed by atoms with Gasteiger partial charge in [-0.05, 0) is 131 Å². The van der Waals surface area contributed by atoms with Crippen molar-refractivity contribution in [3.05, 3.63) is 71.8 Å². The van der Waals surface area contributed by atoms with Crippen LogP contribution in [0.15, 0.2) is 60.7 Å². The summed E-state index contributed by atoms with van der Waals surface area (Å²) in [6, 6.07) is 21.2. The van der Waals surface area contributed by atoms with E-state index in [4.69, 9.17) is 48.6 Å². The smallest absolute Gasteiger partial charge is 0.0701 e. The summed E-state index contributed by atoms with van der Waals surface area (Å²) in [5.74, 6) is 5.15. The maximum absolute atomic E-state index is 5.34. The number of nitrogens with two attached hydrogens (primary N) is 7. The van der Waals surface area contributed by atoms with Gasteiger partial charge in [0, 0.05) is 13.2 Å². The first kappa shape index (κ1) is 75.3. The second-order valence-corrected chi connectivity index (χ2v) is 18.0. The molecule has 0 aliphatic rings. The molecule has 0 spiro atoms. The molecular weight excluding hydrogens is 783 g/mol. The summed E-state index contributed by atoms with van der Waals surface area (Å²) in [7, 11) is 1.50. The van der Waals surface area contributed by atoms with Crippen molar-refractivity contribution in [3.8, 4) is 0 Å². The Balaban J connectivity index is -0.000000117. The summed E-state index contributed by atoms with van der Waals surface area (Å²) >= 11 is 0. The van der Waals surface area contributed by atoms with Crippen molar-refractivity contribution in [2.24, 2.45) is 81.6 Å². The molecule has 63 heavy (non-hydrogen) atoms. The number of hydrogen-bond donors (Lipinski definition) is 7. The van der Waals surface area contributed by atoms with Gasteiger partial charge in [-0.25, -0.2) is 0 Å². The molecule has 0 radical (unpaired) electrons. The van der Waals surface area contributed by atoms with E-state index in [0.29, 0.717) is 51.4 Å². The standard InChI is InChI=1S/C10H23NO3.2C10H14.C6H15N.2C5H13N.C4H11N.C2H7N.CH5N/c1-10(2)9-14-8-7-13-6-5-12-4-3-11;2*1-9(2)8-10-6-4-3-5-7-10;1-6(2)4-3-5-7;2*1-5(2)3-4-6;1-4(2)3-5;1-2-3;1-2/h10H,3-9,11H2,1-2H3;2*3-7,9H,8H2,1-2H3;6H,3-5,7H2,1-2H3;2*5H,3-4,6H2,1-2H3;4H,3,5H2,1-2H3;2-3H2,1H3;2H2,1H3. The second-order valence-electron chi connectivity index (χ2n) is 18.0. The molecule has 0 bridgehead atoms. The van der Waals surface area contributed by atoms with Crippen molar-refractivity contribution >= 4 is 0 Å². The lowest BCUT2D eigenvalue weighted by Gasteiger charge is -2.07. The van der Waals surface area contributed by atoms with Gasteiger partial charge in [-0.2, -0.15) is 0 Å². The zero-order valence-corrected chi connectivity index (χ0v) is 44.8. The van der Waals surface area contributed by atoms with E-state index in [1.807, 2.05) is 6.92 Å². The average molecular weight is 899 g/mol. The summed E-state index contributed by atoms with van der Waals surface area (Å²) in [6.45, 7) is 41.0. The molecule has 0 amide bonds. The van der Waals surface area contributed by atoms with Gasteiger partial charge in [0.25, 0.3) is 0 Å². The molecular formula is C53H115N7O3. The van der Waals surface area contributed by atoms with Gasteiger partial charge in [0.05, 0.1) is 33.0 Å². The van der Waals surface area contributed by atoms with Crippen LogP contribution in [0.5, 0.6) is 0 Å². The van der Waals surface area contributed by atoms with E-state index in [-0.39, 0.29) is 0 Å². The zero-order valence-electron chi connectivity index (χ0n) is 44.8. The molecule has 0 saturated heterocycles. The van der Waals surface area contributed by atoms with Crippen LogP contribution in [-0.2, 0) is 27.1 Å². The van der Waals surface area contributed by atoms with Gasteiger partial charge < -0.3 is 54.3 Å². The molecule has 2 aromatic rings. The third-order valence-electron chi connectivity index (χ3n) is 7.38. The summed E-state index contributed by atoms with van der Waals surface area (Å²) in [5.41, 5.74) is 38.4. The predicted molar refractivity (Wildman–Crippen MR) is 285 cm³/mol. The lowest BCUT2D eigenvalue weighted by Crippen LogP contribution is -2.14. The molecule has 10 heteroatoms. The number of benzene rings is 2. The van der Waals surface area contributed by atoms with Gasteiger partial charge >= 0.3 is 0 Å². The van der Waals surface area contributed by atoms with Crippen LogP contribution >= 0.6 is 0 Å². The topological polar surface area (TPSA) is 210 Å². The first-order valence-corrected chi connectivity index (χ1v) is 24.4. The molecule has 0 saturated carbocycles. The van der Waals surface area contributed by atoms with Gasteiger partial charge in [0.15, 0.2) is 0 Å². The molecule has 0 unspecified atom stereocenters. The van der Waals surface area contributed by atoms with Crippen molar-refractivity contribution in [1.29, 1.82) is 0 Å². The number of hydrogen-bond acceptors (Lipinski definition) is 10. The molecule has 0 atom stereocenters. The van der Waals surface area contributed by atoms with Crippen LogP contribution in [0.2, 0.25) is 0 Å². The van der Waals surface area contributed by atoms with Crippen molar-refractivity contribution in [2.75, 3.05) is 86.0 Å². The van der Waals surface area contributed by atoms with E-state index in [9.17, 15) is 0 Å². The lowest BCUT2D eigenvalue weighted by molar-refractivity contribution is 0.0108. The molecule has 2 aromatic carbocycles. The van der Waals surface area contributed by atoms with Crippen molar-refractivity contribution in [1.82, 2.24) is 0 Å². The monoisotopic (exact) mass is 898 g/mol. The Morgan fingerprint density at radius 3 is 0.905 bits per heavy atom. The van der Waals surface area contributed by atoms with Crippen molar-refractivity contribution < 1.29 is 14.2 Å². The molecule has 0 aliphatic carbocycles. The molecule has 2 rings (SSSR count). The highest BCUT2D eigenvalue weighted by Gasteiger charge is 1.96. The summed E-state index contributed by atoms with van der Waals surface area (Å²) in [6.07, 6.45) is 7.15. The largest absolute Gasteiger partial charge is 0.379 e. The fraction of sp³-hybridized carbons (Fsp3) is 0.774. The first-order chi connectivity index (χ1) is 29.8. The average Bonchev–Trinajstić information content (AvgIpc) is 3.22. The van der Waals surface area contributed by atoms with Crippen LogP contribution in [0.25, 0.3) is 0 Å². The molecule has 380 valence electrons. The maximum Gasteiger partial charge on any atom is 0.0701 e. The van der Waals surface area contributed by atoms with Crippen LogP contribution in [0, 0.1) is 41.4 Å². The van der Waals surface area contributed by atoms with Gasteiger partial charge in [-0.15, -0.1) is 0 Å². The van der Waals surface area contributed by atoms with E-state index in [0.717, 1.165) is 81.8 Å². The molecule has 0 aromatic heterocycles. The lowest BCUT2D eigenvalue weighted by atomic mass is 10.0. The number of rotatable bonds is 22. The molecule has 14 N–H and O–H groups in total. The van der Waals surface area contributed by atoms with E-state index < -0.39 is 0 Å². The Labute approximate surface area is 394 Å². The second kappa shape index (κ2) is 66.6. The Bertz CT molecular complexity index is 926. The predicted octanol–water partition coefficient (Wildman–Crippen LogP) is 9.93. The van der Waals surface area contributed by atoms with Crippen LogP contribution in [0.3, 0.4) is 0 Å². The summed E-state index contributed by atoms with van der Waals surface area (Å²) < 4.78 is 15.7. The van der Waals surface area contributed by atoms with Crippen LogP contribution in [-0.4, -0.2) is 86.0 Å². The van der Waals surface area contributed by atoms with Crippen molar-refractivity contribution in [2.45, 2.75) is 142 Å². The third kappa shape index (κ3) is 99.7. The normalized spacial score (nSPS) is 9.94. The third-order valence-corrected chi connectivity index (χ3v) is 7.38. The minimum atomic E-state index is 0.567. The first-order valence-electron chi connectivity index (χ1n) is 24.4. The van der Waals surface area contributed by atoms with E-state index in [1.165, 1.54) is 43.9 Å². The zero-order chi connectivity index (χ0) is 50.1. The van der Waals surface area contributed by atoms with Gasteiger partial charge in [0.1, 0.15) is 0 Å². The van der Waals surface area contributed by atoms with Crippen LogP contribution in [0.1, 0.15) is 141 Å². The fourth-order valence-electron chi connectivity index (χ4n) is 4.21. The minimum absolute atomic E-state index is 0.567. The Morgan fingerprint density at radius 1 is 0.381 bits per heavy atom. The fourth-order valence-corrected chi connectivity index (χ4v) is 4.21. The summed E-state index contributed by atoms with van der Waals surface area (Å²) in [4.78, 5) is 0. The van der Waals surface area contributed by atoms with Crippen molar-refractivity contribution in [3.63, 3.8) is 0 Å². The highest BCUT2D eigenvalue weighted by atomic mass is 16.5. The Kier molecular flexibility index (Phi) is 79.7. The highest BCUT2D eigenvalue weighted by Crippen LogP contribution is 2.07. The SMILES string of the molecule is CC(C)CCCN.CC(C)CCN.CC(C)CCN.CC(C)CN.CC(C)COCCOCCOCCN.CC(C)Cc1ccccc1.CC(C)Cc1ccccc1.CCN.CN. The summed E-state index contributed by atoms with van der Waals surface area (Å²) in [5, 5.41) is 0. The quantitative estimate of drug-likeness (QED) is 0.0556. The minimum Gasteiger partial charge on any atom is -0.379 e. The maximum atomic E-state index is 5.34. The molecule has 0 aliphatic heterocycles. The molecule has 0 heterocycles. The van der Waals surface area contributed by atoms with Crippen LogP contribution in [0.4, 0.5) is 0 Å². The molecule has 0 fully saturated rings. The van der Waals surface area contributed by atoms with E-state index in [1.54, 1.807) is 0 Å². The highest BCUT2D eigenvalue weighted by molar-refractivity contribution is 5.15. The van der Waals surface area contributed by atoms with E-state index >= 15 is 0 Å². The van der Waals surface area contributed by atoms with Gasteiger partial charge in [0.2, 0.25) is 0 Å². The van der Waals surface area contributed by atoms with Crippen LogP contribution < -0.4 is 40.1 Å². The van der Waals surface area contributed by atoms with Gasteiger partial charge in [-0.3, -0.25) is 0 Å². The Morgan fingerprint density at radius 2 is 0.698 bits per heavy atom. The van der Waals surface area contributed by atoms with E-state index in [2.05, 4.69) is 163 Å².